The summed E-state index contributed by atoms with van der Waals surface area (Å²) in [5.41, 5.74) is -0.897. The van der Waals surface area contributed by atoms with Crippen LogP contribution in [0.1, 0.15) is 43.9 Å². The number of likely N-dealkylation sites (N-methyl/N-ethyl adjacent to an activating group) is 1. The van der Waals surface area contributed by atoms with Gasteiger partial charge in [-0.25, -0.2) is 0 Å². The lowest BCUT2D eigenvalue weighted by atomic mass is 9.85. The highest BCUT2D eigenvalue weighted by molar-refractivity contribution is 5.34. The van der Waals surface area contributed by atoms with Crippen LogP contribution < -0.4 is 5.32 Å². The Morgan fingerprint density at radius 3 is 2.60 bits per heavy atom. The summed E-state index contributed by atoms with van der Waals surface area (Å²) in [7, 11) is 0. The quantitative estimate of drug-likeness (QED) is 0.906. The van der Waals surface area contributed by atoms with Crippen LogP contribution in [0.25, 0.3) is 0 Å². The summed E-state index contributed by atoms with van der Waals surface area (Å²) in [5.74, 6) is 0. The summed E-state index contributed by atoms with van der Waals surface area (Å²) in [6, 6.07) is 5.30. The molecule has 2 rings (SSSR count). The number of benzene rings is 1. The van der Waals surface area contributed by atoms with Gasteiger partial charge in [0.1, 0.15) is 0 Å². The number of ether oxygens (including phenoxy) is 1. The highest BCUT2D eigenvalue weighted by Crippen LogP contribution is 2.42. The smallest absolute Gasteiger partial charge is 0.373 e. The Bertz CT molecular complexity index is 453. The van der Waals surface area contributed by atoms with E-state index >= 15 is 0 Å². The van der Waals surface area contributed by atoms with Gasteiger partial charge in [0.15, 0.2) is 0 Å². The molecule has 0 saturated carbocycles. The molecule has 0 radical (unpaired) electrons. The molecular formula is C15H20F3NO. The molecule has 20 heavy (non-hydrogen) atoms. The van der Waals surface area contributed by atoms with Crippen LogP contribution in [0.4, 0.5) is 13.2 Å². The first-order valence-corrected chi connectivity index (χ1v) is 6.92. The van der Waals surface area contributed by atoms with Gasteiger partial charge < -0.3 is 10.1 Å². The monoisotopic (exact) mass is 287 g/mol. The molecule has 1 aliphatic heterocycles. The third-order valence-corrected chi connectivity index (χ3v) is 3.85. The molecule has 1 fully saturated rings. The molecule has 0 bridgehead atoms. The first-order valence-electron chi connectivity index (χ1n) is 6.92. The van der Waals surface area contributed by atoms with Gasteiger partial charge in [0.25, 0.3) is 0 Å². The van der Waals surface area contributed by atoms with E-state index in [0.717, 1.165) is 18.9 Å². The first kappa shape index (κ1) is 15.3. The number of nitrogens with one attached hydrogen (secondary N) is 1. The van der Waals surface area contributed by atoms with Gasteiger partial charge in [-0.1, -0.05) is 25.1 Å². The summed E-state index contributed by atoms with van der Waals surface area (Å²) in [6.07, 6.45) is -2.71. The van der Waals surface area contributed by atoms with Gasteiger partial charge in [-0.2, -0.15) is 13.2 Å². The maximum atomic E-state index is 13.2. The van der Waals surface area contributed by atoms with Crippen LogP contribution in [0.15, 0.2) is 24.3 Å². The topological polar surface area (TPSA) is 21.3 Å². The summed E-state index contributed by atoms with van der Waals surface area (Å²) in [6.45, 7) is 4.98. The number of rotatable bonds is 4. The molecule has 2 unspecified atom stereocenters. The van der Waals surface area contributed by atoms with Crippen molar-refractivity contribution in [2.24, 2.45) is 0 Å². The van der Waals surface area contributed by atoms with E-state index in [2.05, 4.69) is 5.32 Å². The van der Waals surface area contributed by atoms with Crippen molar-refractivity contribution in [1.29, 1.82) is 0 Å². The van der Waals surface area contributed by atoms with E-state index in [1.54, 1.807) is 12.1 Å². The van der Waals surface area contributed by atoms with Crippen molar-refractivity contribution in [3.8, 4) is 0 Å². The van der Waals surface area contributed by atoms with E-state index in [9.17, 15) is 13.2 Å². The molecule has 0 aromatic heterocycles. The zero-order valence-electron chi connectivity index (χ0n) is 11.8. The molecule has 2 nitrogen and oxygen atoms in total. The van der Waals surface area contributed by atoms with Crippen molar-refractivity contribution in [3.63, 3.8) is 0 Å². The summed E-state index contributed by atoms with van der Waals surface area (Å²) < 4.78 is 45.3. The van der Waals surface area contributed by atoms with Crippen molar-refractivity contribution in [2.75, 3.05) is 13.2 Å². The largest absolute Gasteiger partial charge is 0.416 e. The molecule has 1 aliphatic rings. The molecule has 1 heterocycles. The Kier molecular flexibility index (Phi) is 4.39. The Labute approximate surface area is 117 Å². The predicted molar refractivity (Wildman–Crippen MR) is 71.5 cm³/mol. The normalized spacial score (nSPS) is 24.9. The average Bonchev–Trinajstić information content (AvgIpc) is 2.83. The van der Waals surface area contributed by atoms with Crippen LogP contribution in [0.5, 0.6) is 0 Å². The lowest BCUT2D eigenvalue weighted by Gasteiger charge is -2.35. The van der Waals surface area contributed by atoms with Gasteiger partial charge in [0.2, 0.25) is 0 Å². The van der Waals surface area contributed by atoms with Crippen LogP contribution in [0, 0.1) is 0 Å². The Morgan fingerprint density at radius 2 is 2.05 bits per heavy atom. The predicted octanol–water partition coefficient (Wildman–Crippen LogP) is 3.93. The van der Waals surface area contributed by atoms with E-state index < -0.39 is 23.4 Å². The molecule has 112 valence electrons. The van der Waals surface area contributed by atoms with Crippen LogP contribution in [-0.2, 0) is 10.9 Å². The second kappa shape index (κ2) is 5.74. The maximum Gasteiger partial charge on any atom is 0.416 e. The standard InChI is InChI=1S/C15H20F3NO/c1-3-19-13(14(2)9-6-10-20-14)11-7-4-5-8-12(11)15(16,17)18/h4-5,7-8,13,19H,3,6,9-10H2,1-2H3. The maximum absolute atomic E-state index is 13.2. The SMILES string of the molecule is CCNC(c1ccccc1C(F)(F)F)C1(C)CCCO1. The summed E-state index contributed by atoms with van der Waals surface area (Å²) in [4.78, 5) is 0. The second-order valence-electron chi connectivity index (χ2n) is 5.34. The Hall–Kier alpha value is -1.07. The molecule has 2 atom stereocenters. The van der Waals surface area contributed by atoms with Gasteiger partial charge in [-0.05, 0) is 37.9 Å². The molecule has 1 aromatic rings. The minimum absolute atomic E-state index is 0.270. The fourth-order valence-corrected chi connectivity index (χ4v) is 2.89. The molecule has 1 N–H and O–H groups in total. The molecule has 1 saturated heterocycles. The van der Waals surface area contributed by atoms with Crippen LogP contribution in [-0.4, -0.2) is 18.8 Å². The number of hydrogen-bond acceptors (Lipinski definition) is 2. The Morgan fingerprint density at radius 1 is 1.35 bits per heavy atom. The van der Waals surface area contributed by atoms with Crippen molar-refractivity contribution in [3.05, 3.63) is 35.4 Å². The molecule has 0 amide bonds. The zero-order valence-corrected chi connectivity index (χ0v) is 11.8. The van der Waals surface area contributed by atoms with Crippen molar-refractivity contribution < 1.29 is 17.9 Å². The lowest BCUT2D eigenvalue weighted by molar-refractivity contribution is -0.139. The van der Waals surface area contributed by atoms with E-state index in [1.165, 1.54) is 6.07 Å². The number of alkyl halides is 3. The third kappa shape index (κ3) is 2.99. The van der Waals surface area contributed by atoms with Gasteiger partial charge >= 0.3 is 6.18 Å². The lowest BCUT2D eigenvalue weighted by Crippen LogP contribution is -2.42. The van der Waals surface area contributed by atoms with E-state index in [4.69, 9.17) is 4.74 Å². The van der Waals surface area contributed by atoms with Gasteiger partial charge in [-0.15, -0.1) is 0 Å². The number of hydrogen-bond donors (Lipinski definition) is 1. The summed E-state index contributed by atoms with van der Waals surface area (Å²) >= 11 is 0. The fourth-order valence-electron chi connectivity index (χ4n) is 2.89. The van der Waals surface area contributed by atoms with E-state index in [1.807, 2.05) is 13.8 Å². The van der Waals surface area contributed by atoms with Crippen LogP contribution in [0.2, 0.25) is 0 Å². The number of halogens is 3. The molecule has 0 aliphatic carbocycles. The molecular weight excluding hydrogens is 267 g/mol. The van der Waals surface area contributed by atoms with E-state index in [-0.39, 0.29) is 5.56 Å². The van der Waals surface area contributed by atoms with E-state index in [0.29, 0.717) is 13.2 Å². The van der Waals surface area contributed by atoms with Crippen molar-refractivity contribution >= 4 is 0 Å². The first-order chi connectivity index (χ1) is 9.38. The highest BCUT2D eigenvalue weighted by atomic mass is 19.4. The van der Waals surface area contributed by atoms with Gasteiger partial charge in [0.05, 0.1) is 17.2 Å². The zero-order chi connectivity index (χ0) is 14.8. The average molecular weight is 287 g/mol. The van der Waals surface area contributed by atoms with Crippen molar-refractivity contribution in [1.82, 2.24) is 5.32 Å². The highest BCUT2D eigenvalue weighted by Gasteiger charge is 2.43. The molecule has 0 spiro atoms. The second-order valence-corrected chi connectivity index (χ2v) is 5.34. The molecule has 5 heteroatoms. The third-order valence-electron chi connectivity index (χ3n) is 3.85. The van der Waals surface area contributed by atoms with Crippen LogP contribution >= 0.6 is 0 Å². The fraction of sp³-hybridized carbons (Fsp3) is 0.600. The summed E-state index contributed by atoms with van der Waals surface area (Å²) in [5, 5.41) is 3.17. The van der Waals surface area contributed by atoms with Gasteiger partial charge in [0, 0.05) is 6.61 Å². The van der Waals surface area contributed by atoms with Gasteiger partial charge in [-0.3, -0.25) is 0 Å². The minimum Gasteiger partial charge on any atom is -0.373 e. The van der Waals surface area contributed by atoms with Crippen LogP contribution in [0.3, 0.4) is 0 Å². The Balaban J connectivity index is 2.44. The van der Waals surface area contributed by atoms with Crippen molar-refractivity contribution in [2.45, 2.75) is 44.5 Å². The minimum atomic E-state index is -4.35. The molecule has 1 aromatic carbocycles.